The third kappa shape index (κ3) is 3.22. The second-order valence-electron chi connectivity index (χ2n) is 8.46. The maximum Gasteiger partial charge on any atom is 0.354 e. The number of carbonyl (C=O) groups excluding carboxylic acids is 1. The Labute approximate surface area is 179 Å². The molecular weight excluding hydrogens is 425 g/mol. The summed E-state index contributed by atoms with van der Waals surface area (Å²) in [6, 6.07) is -0.834. The van der Waals surface area contributed by atoms with Crippen LogP contribution in [-0.4, -0.2) is 39.3 Å². The number of hydrogen-bond acceptors (Lipinski definition) is 5. The van der Waals surface area contributed by atoms with Crippen LogP contribution >= 0.6 is 0 Å². The van der Waals surface area contributed by atoms with Crippen molar-refractivity contribution in [3.63, 3.8) is 0 Å². The zero-order valence-electron chi connectivity index (χ0n) is 17.4. The number of ether oxygens (including phenoxy) is 2. The van der Waals surface area contributed by atoms with Crippen LogP contribution in [0.15, 0.2) is 15.5 Å². The Morgan fingerprint density at radius 3 is 2.71 bits per heavy atom. The van der Waals surface area contributed by atoms with Gasteiger partial charge >= 0.3 is 6.03 Å². The second kappa shape index (κ2) is 7.01. The van der Waals surface area contributed by atoms with Crippen molar-refractivity contribution in [3.8, 4) is 5.88 Å². The lowest BCUT2D eigenvalue weighted by Crippen LogP contribution is -2.43. The molecule has 3 N–H and O–H groups in total. The van der Waals surface area contributed by atoms with Crippen molar-refractivity contribution in [2.75, 3.05) is 19.0 Å². The van der Waals surface area contributed by atoms with Crippen molar-refractivity contribution in [2.45, 2.75) is 56.1 Å². The van der Waals surface area contributed by atoms with Crippen LogP contribution in [0.4, 0.5) is 14.9 Å². The Morgan fingerprint density at radius 2 is 2.00 bits per heavy atom. The first kappa shape index (κ1) is 20.4. The molecule has 1 aromatic heterocycles. The van der Waals surface area contributed by atoms with E-state index in [1.807, 2.05) is 6.92 Å². The number of hydrogen-bond donors (Lipinski definition) is 2. The molecule has 0 bridgehead atoms. The summed E-state index contributed by atoms with van der Waals surface area (Å²) >= 11 is 0. The van der Waals surface area contributed by atoms with E-state index in [4.69, 9.17) is 14.6 Å². The molecule has 1 aliphatic heterocycles. The SMILES string of the molecule is COC1(C)COc2c(S(N)(=O)=NC(=O)Nc3c4c(c(F)c5c3CC5)CCC4)cnn2C1. The second-order valence-corrected chi connectivity index (χ2v) is 10.2. The lowest BCUT2D eigenvalue weighted by Gasteiger charge is -2.32. The first-order chi connectivity index (χ1) is 14.7. The summed E-state index contributed by atoms with van der Waals surface area (Å²) in [5.74, 6) is 0.0726. The van der Waals surface area contributed by atoms with Crippen LogP contribution in [0.25, 0.3) is 0 Å². The Morgan fingerprint density at radius 1 is 1.32 bits per heavy atom. The summed E-state index contributed by atoms with van der Waals surface area (Å²) < 4.78 is 44.1. The van der Waals surface area contributed by atoms with Gasteiger partial charge in [0.15, 0.2) is 9.92 Å². The quantitative estimate of drug-likeness (QED) is 0.745. The minimum absolute atomic E-state index is 0.0538. The van der Waals surface area contributed by atoms with Gasteiger partial charge in [-0.05, 0) is 61.3 Å². The Kier molecular flexibility index (Phi) is 4.61. The van der Waals surface area contributed by atoms with Crippen molar-refractivity contribution in [1.29, 1.82) is 0 Å². The van der Waals surface area contributed by atoms with E-state index >= 15 is 0 Å². The molecule has 9 nitrogen and oxygen atoms in total. The number of rotatable bonds is 3. The standard InChI is InChI=1S/C20H24FN5O4S/c1-20(29-2)9-26-18(30-10-20)15(8-23-26)31(22,28)25-19(27)24-17-13-5-3-4-11(13)16(21)12-6-7-14(12)17/h8H,3-7,9-10H2,1-2H3,(H3,22,24,25,27,28). The third-order valence-corrected chi connectivity index (χ3v) is 7.70. The molecule has 3 aliphatic rings. The zero-order valence-corrected chi connectivity index (χ0v) is 18.2. The van der Waals surface area contributed by atoms with E-state index in [9.17, 15) is 13.4 Å². The van der Waals surface area contributed by atoms with E-state index in [1.165, 1.54) is 10.9 Å². The summed E-state index contributed by atoms with van der Waals surface area (Å²) in [5, 5.41) is 12.9. The average molecular weight is 450 g/mol. The predicted octanol–water partition coefficient (Wildman–Crippen LogP) is 2.34. The predicted molar refractivity (Wildman–Crippen MR) is 111 cm³/mol. The van der Waals surface area contributed by atoms with Crippen molar-refractivity contribution >= 4 is 21.6 Å². The average Bonchev–Trinajstić information content (AvgIpc) is 3.32. The minimum Gasteiger partial charge on any atom is -0.474 e. The van der Waals surface area contributed by atoms with Gasteiger partial charge in [0.1, 0.15) is 22.9 Å². The van der Waals surface area contributed by atoms with E-state index in [2.05, 4.69) is 14.8 Å². The van der Waals surface area contributed by atoms with Gasteiger partial charge < -0.3 is 14.8 Å². The van der Waals surface area contributed by atoms with Crippen LogP contribution in [0.1, 0.15) is 35.6 Å². The Bertz CT molecular complexity index is 1230. The van der Waals surface area contributed by atoms with Gasteiger partial charge in [-0.25, -0.2) is 23.2 Å². The molecule has 2 atom stereocenters. The minimum atomic E-state index is -3.61. The van der Waals surface area contributed by atoms with E-state index in [1.54, 1.807) is 7.11 Å². The summed E-state index contributed by atoms with van der Waals surface area (Å²) in [6.45, 7) is 2.47. The summed E-state index contributed by atoms with van der Waals surface area (Å²) in [4.78, 5) is 12.7. The number of fused-ring (bicyclic) bond motifs is 3. The third-order valence-electron chi connectivity index (χ3n) is 6.36. The Hall–Kier alpha value is -2.50. The summed E-state index contributed by atoms with van der Waals surface area (Å²) in [7, 11) is -2.03. The highest BCUT2D eigenvalue weighted by Gasteiger charge is 2.36. The molecule has 0 radical (unpaired) electrons. The fourth-order valence-corrected chi connectivity index (χ4v) is 5.50. The molecule has 0 saturated carbocycles. The van der Waals surface area contributed by atoms with Crippen molar-refractivity contribution in [3.05, 3.63) is 34.3 Å². The maximum absolute atomic E-state index is 14.6. The highest BCUT2D eigenvalue weighted by atomic mass is 32.2. The number of halogens is 1. The van der Waals surface area contributed by atoms with Crippen LogP contribution in [0.2, 0.25) is 0 Å². The number of aromatic nitrogens is 2. The van der Waals surface area contributed by atoms with Gasteiger partial charge in [0.25, 0.3) is 0 Å². The first-order valence-corrected chi connectivity index (χ1v) is 11.7. The number of urea groups is 1. The number of benzene rings is 1. The Balaban J connectivity index is 1.45. The molecule has 0 spiro atoms. The smallest absolute Gasteiger partial charge is 0.354 e. The van der Waals surface area contributed by atoms with Crippen molar-refractivity contribution in [2.24, 2.45) is 9.50 Å². The molecule has 5 rings (SSSR count). The molecular formula is C20H24FN5O4S. The molecule has 2 aromatic rings. The number of carbonyl (C=O) groups is 1. The van der Waals surface area contributed by atoms with Crippen LogP contribution < -0.4 is 15.2 Å². The van der Waals surface area contributed by atoms with Gasteiger partial charge in [-0.1, -0.05) is 0 Å². The van der Waals surface area contributed by atoms with Crippen molar-refractivity contribution in [1.82, 2.24) is 9.78 Å². The summed E-state index contributed by atoms with van der Waals surface area (Å²) in [6.07, 6.45) is 4.83. The van der Waals surface area contributed by atoms with Crippen LogP contribution in [0, 0.1) is 5.82 Å². The molecule has 11 heteroatoms. The molecule has 1 aromatic carbocycles. The largest absolute Gasteiger partial charge is 0.474 e. The molecule has 31 heavy (non-hydrogen) atoms. The van der Waals surface area contributed by atoms with E-state index in [-0.39, 0.29) is 23.2 Å². The molecule has 2 aliphatic carbocycles. The van der Waals surface area contributed by atoms with Crippen LogP contribution in [0.5, 0.6) is 5.88 Å². The molecule has 166 valence electrons. The fourth-order valence-electron chi connectivity index (χ4n) is 4.50. The zero-order chi connectivity index (χ0) is 22.0. The van der Waals surface area contributed by atoms with Crippen LogP contribution in [-0.2, 0) is 46.9 Å². The van der Waals surface area contributed by atoms with Gasteiger partial charge in [-0.3, -0.25) is 0 Å². The van der Waals surface area contributed by atoms with Gasteiger partial charge in [-0.15, -0.1) is 4.36 Å². The molecule has 2 unspecified atom stereocenters. The highest BCUT2D eigenvalue weighted by molar-refractivity contribution is 7.91. The fraction of sp³-hybridized carbons (Fsp3) is 0.500. The molecule has 2 amide bonds. The van der Waals surface area contributed by atoms with Gasteiger partial charge in [0, 0.05) is 12.8 Å². The monoisotopic (exact) mass is 449 g/mol. The van der Waals surface area contributed by atoms with E-state index in [0.29, 0.717) is 49.0 Å². The van der Waals surface area contributed by atoms with E-state index in [0.717, 1.165) is 17.5 Å². The van der Waals surface area contributed by atoms with Gasteiger partial charge in [0.2, 0.25) is 5.88 Å². The highest BCUT2D eigenvalue weighted by Crippen LogP contribution is 2.42. The van der Waals surface area contributed by atoms with Gasteiger partial charge in [0.05, 0.1) is 12.7 Å². The number of amides is 2. The first-order valence-electron chi connectivity index (χ1n) is 10.2. The lowest BCUT2D eigenvalue weighted by molar-refractivity contribution is -0.0654. The van der Waals surface area contributed by atoms with Gasteiger partial charge in [-0.2, -0.15) is 5.10 Å². The number of nitrogens with two attached hydrogens (primary N) is 1. The maximum atomic E-state index is 14.6. The lowest BCUT2D eigenvalue weighted by atomic mass is 9.83. The number of nitrogens with one attached hydrogen (secondary N) is 1. The molecule has 0 saturated heterocycles. The van der Waals surface area contributed by atoms with E-state index < -0.39 is 21.5 Å². The summed E-state index contributed by atoms with van der Waals surface area (Å²) in [5.41, 5.74) is 2.96. The van der Waals surface area contributed by atoms with Crippen molar-refractivity contribution < 1.29 is 22.9 Å². The molecule has 0 fully saturated rings. The van der Waals surface area contributed by atoms with Crippen LogP contribution in [0.3, 0.4) is 0 Å². The normalized spacial score (nSPS) is 23.0. The number of methoxy groups -OCH3 is 1. The topological polar surface area (TPSA) is 121 Å². The number of nitrogens with zero attached hydrogens (tertiary/aromatic N) is 3. The molecule has 2 heterocycles. The number of anilines is 1.